The minimum atomic E-state index is -0.599. The molecule has 3 aromatic rings. The number of nitrogens with one attached hydrogen (secondary N) is 1. The first-order valence-electron chi connectivity index (χ1n) is 8.31. The van der Waals surface area contributed by atoms with Gasteiger partial charge >= 0.3 is 0 Å². The zero-order valence-corrected chi connectivity index (χ0v) is 14.3. The monoisotopic (exact) mass is 336 g/mol. The molecule has 2 heterocycles. The molecule has 0 fully saturated rings. The quantitative estimate of drug-likeness (QED) is 0.555. The summed E-state index contributed by atoms with van der Waals surface area (Å²) in [6.45, 7) is 4.72. The predicted octanol–water partition coefficient (Wildman–Crippen LogP) is 3.32. The van der Waals surface area contributed by atoms with Crippen LogP contribution in [-0.4, -0.2) is 29.2 Å². The highest BCUT2D eigenvalue weighted by Crippen LogP contribution is 2.29. The average Bonchev–Trinajstić information content (AvgIpc) is 3.01. The third-order valence-corrected chi connectivity index (χ3v) is 3.91. The Morgan fingerprint density at radius 3 is 2.52 bits per heavy atom. The molecular formula is C20H20N2O3. The Morgan fingerprint density at radius 1 is 1.08 bits per heavy atom. The van der Waals surface area contributed by atoms with Gasteiger partial charge in [-0.1, -0.05) is 18.2 Å². The van der Waals surface area contributed by atoms with Crippen molar-refractivity contribution in [3.8, 4) is 16.9 Å². The number of carbonyl (C=O) groups excluding carboxylic acids is 2. The molecule has 0 atom stereocenters. The molecule has 0 spiro atoms. The number of hydrogen-bond acceptors (Lipinski definition) is 3. The van der Waals surface area contributed by atoms with E-state index >= 15 is 0 Å². The maximum Gasteiger partial charge on any atom is 0.294 e. The summed E-state index contributed by atoms with van der Waals surface area (Å²) in [6, 6.07) is 15.1. The number of aromatic nitrogens is 1. The first kappa shape index (κ1) is 16.8. The van der Waals surface area contributed by atoms with Gasteiger partial charge in [0.1, 0.15) is 11.4 Å². The van der Waals surface area contributed by atoms with Crippen molar-refractivity contribution in [1.29, 1.82) is 0 Å². The summed E-state index contributed by atoms with van der Waals surface area (Å²) in [7, 11) is 0. The Morgan fingerprint density at radius 2 is 1.84 bits per heavy atom. The number of pyridine rings is 1. The number of nitrogens with zero attached hydrogens (tertiary/aromatic N) is 1. The van der Waals surface area contributed by atoms with Gasteiger partial charge in [0.05, 0.1) is 6.61 Å². The van der Waals surface area contributed by atoms with Gasteiger partial charge < -0.3 is 14.5 Å². The lowest BCUT2D eigenvalue weighted by Gasteiger charge is -2.07. The fourth-order valence-corrected chi connectivity index (χ4v) is 2.82. The zero-order valence-electron chi connectivity index (χ0n) is 14.3. The van der Waals surface area contributed by atoms with Gasteiger partial charge in [-0.3, -0.25) is 9.59 Å². The molecule has 1 N–H and O–H groups in total. The summed E-state index contributed by atoms with van der Waals surface area (Å²) < 4.78 is 7.22. The molecule has 5 nitrogen and oxygen atoms in total. The summed E-state index contributed by atoms with van der Waals surface area (Å²) >= 11 is 0. The fourth-order valence-electron chi connectivity index (χ4n) is 2.82. The number of hydrogen-bond donors (Lipinski definition) is 1. The van der Waals surface area contributed by atoms with Gasteiger partial charge in [-0.15, -0.1) is 0 Å². The van der Waals surface area contributed by atoms with Crippen LogP contribution >= 0.6 is 0 Å². The van der Waals surface area contributed by atoms with E-state index in [4.69, 9.17) is 4.74 Å². The Kier molecular flexibility index (Phi) is 4.84. The number of ether oxygens (including phenoxy) is 1. The third-order valence-electron chi connectivity index (χ3n) is 3.91. The Bertz CT molecular complexity index is 910. The highest BCUT2D eigenvalue weighted by molar-refractivity contribution is 6.43. The van der Waals surface area contributed by atoms with Crippen LogP contribution < -0.4 is 10.1 Å². The number of Topliss-reactive ketones (excluding diaryl/α,β-unsaturated/α-hetero) is 1. The first-order valence-corrected chi connectivity index (χ1v) is 8.31. The molecule has 128 valence electrons. The second-order valence-corrected chi connectivity index (χ2v) is 5.55. The zero-order chi connectivity index (χ0) is 17.8. The lowest BCUT2D eigenvalue weighted by molar-refractivity contribution is -0.116. The van der Waals surface area contributed by atoms with Crippen LogP contribution in [0.3, 0.4) is 0 Å². The smallest absolute Gasteiger partial charge is 0.294 e. The van der Waals surface area contributed by atoms with Gasteiger partial charge in [0.15, 0.2) is 0 Å². The number of amides is 1. The van der Waals surface area contributed by atoms with E-state index in [1.807, 2.05) is 55.5 Å². The van der Waals surface area contributed by atoms with E-state index in [1.54, 1.807) is 17.5 Å². The normalized spacial score (nSPS) is 10.6. The number of benzene rings is 1. The van der Waals surface area contributed by atoms with Gasteiger partial charge in [-0.05, 0) is 49.7 Å². The molecule has 0 aliphatic heterocycles. The Balaban J connectivity index is 2.12. The maximum atomic E-state index is 12.7. The van der Waals surface area contributed by atoms with Gasteiger partial charge in [-0.25, -0.2) is 0 Å². The van der Waals surface area contributed by atoms with Crippen molar-refractivity contribution in [3.05, 3.63) is 60.4 Å². The molecule has 0 unspecified atom stereocenters. The summed E-state index contributed by atoms with van der Waals surface area (Å²) in [5.74, 6) is -0.373. The van der Waals surface area contributed by atoms with Crippen LogP contribution in [0, 0.1) is 0 Å². The van der Waals surface area contributed by atoms with Crippen molar-refractivity contribution in [3.63, 3.8) is 0 Å². The van der Waals surface area contributed by atoms with E-state index < -0.39 is 11.7 Å². The maximum absolute atomic E-state index is 12.7. The minimum Gasteiger partial charge on any atom is -0.494 e. The fraction of sp³-hybridized carbons (Fsp3) is 0.200. The van der Waals surface area contributed by atoms with Gasteiger partial charge in [0.25, 0.3) is 11.7 Å². The summed E-state index contributed by atoms with van der Waals surface area (Å²) in [6.07, 6.45) is 1.79. The molecule has 5 heteroatoms. The molecule has 0 aliphatic rings. The molecule has 1 amide bonds. The molecule has 0 saturated carbocycles. The van der Waals surface area contributed by atoms with Crippen molar-refractivity contribution < 1.29 is 14.3 Å². The van der Waals surface area contributed by atoms with E-state index in [-0.39, 0.29) is 0 Å². The molecule has 0 saturated heterocycles. The average molecular weight is 336 g/mol. The van der Waals surface area contributed by atoms with Crippen LogP contribution in [-0.2, 0) is 4.79 Å². The van der Waals surface area contributed by atoms with Gasteiger partial charge in [0, 0.05) is 23.8 Å². The Labute approximate surface area is 146 Å². The predicted molar refractivity (Wildman–Crippen MR) is 97.0 cm³/mol. The molecule has 3 rings (SSSR count). The number of fused-ring (bicyclic) bond motifs is 1. The molecule has 2 aromatic heterocycles. The van der Waals surface area contributed by atoms with Crippen LogP contribution in [0.15, 0.2) is 54.7 Å². The third kappa shape index (κ3) is 3.26. The molecule has 0 radical (unpaired) electrons. The SMILES string of the molecule is CCNC(=O)C(=O)c1c(-c2ccc(OCC)cc2)cc2ccccn12. The highest BCUT2D eigenvalue weighted by atomic mass is 16.5. The van der Waals surface area contributed by atoms with Crippen molar-refractivity contribution in [2.24, 2.45) is 0 Å². The molecule has 0 aliphatic carbocycles. The number of carbonyl (C=O) groups is 2. The van der Waals surface area contributed by atoms with E-state index in [9.17, 15) is 9.59 Å². The summed E-state index contributed by atoms with van der Waals surface area (Å²) in [4.78, 5) is 24.8. The molecule has 0 bridgehead atoms. The largest absolute Gasteiger partial charge is 0.494 e. The van der Waals surface area contributed by atoms with E-state index in [2.05, 4.69) is 5.32 Å². The van der Waals surface area contributed by atoms with Gasteiger partial charge in [-0.2, -0.15) is 0 Å². The van der Waals surface area contributed by atoms with E-state index in [0.29, 0.717) is 18.8 Å². The number of rotatable bonds is 6. The minimum absolute atomic E-state index is 0.366. The van der Waals surface area contributed by atoms with Crippen molar-refractivity contribution in [1.82, 2.24) is 9.72 Å². The first-order chi connectivity index (χ1) is 12.2. The van der Waals surface area contributed by atoms with Crippen LogP contribution in [0.25, 0.3) is 16.6 Å². The standard InChI is InChI=1S/C20H20N2O3/c1-3-21-20(24)19(23)18-17(13-15-7-5-6-12-22(15)18)14-8-10-16(11-9-14)25-4-2/h5-13H,3-4H2,1-2H3,(H,21,24). The Hall–Kier alpha value is -3.08. The van der Waals surface area contributed by atoms with Crippen molar-refractivity contribution in [2.75, 3.05) is 13.2 Å². The molecular weight excluding hydrogens is 316 g/mol. The van der Waals surface area contributed by atoms with Crippen LogP contribution in [0.1, 0.15) is 24.3 Å². The summed E-state index contributed by atoms with van der Waals surface area (Å²) in [5, 5.41) is 2.58. The molecule has 1 aromatic carbocycles. The van der Waals surface area contributed by atoms with Crippen LogP contribution in [0.2, 0.25) is 0 Å². The topological polar surface area (TPSA) is 59.8 Å². The van der Waals surface area contributed by atoms with Gasteiger partial charge in [0.2, 0.25) is 0 Å². The molecule has 25 heavy (non-hydrogen) atoms. The van der Waals surface area contributed by atoms with E-state index in [0.717, 1.165) is 22.4 Å². The highest BCUT2D eigenvalue weighted by Gasteiger charge is 2.24. The van der Waals surface area contributed by atoms with Crippen LogP contribution in [0.5, 0.6) is 5.75 Å². The van der Waals surface area contributed by atoms with Crippen molar-refractivity contribution >= 4 is 17.2 Å². The van der Waals surface area contributed by atoms with Crippen LogP contribution in [0.4, 0.5) is 0 Å². The van der Waals surface area contributed by atoms with E-state index in [1.165, 1.54) is 0 Å². The lowest BCUT2D eigenvalue weighted by Crippen LogP contribution is -2.31. The second kappa shape index (κ2) is 7.21. The second-order valence-electron chi connectivity index (χ2n) is 5.55. The summed E-state index contributed by atoms with van der Waals surface area (Å²) in [5.41, 5.74) is 2.81. The number of ketones is 1. The van der Waals surface area contributed by atoms with Crippen molar-refractivity contribution in [2.45, 2.75) is 13.8 Å². The lowest BCUT2D eigenvalue weighted by atomic mass is 10.0. The number of likely N-dealkylation sites (N-methyl/N-ethyl adjacent to an activating group) is 1.